The second-order valence-corrected chi connectivity index (χ2v) is 6.27. The van der Waals surface area contributed by atoms with E-state index < -0.39 is 5.97 Å². The molecule has 1 fully saturated rings. The van der Waals surface area contributed by atoms with Gasteiger partial charge in [-0.15, -0.1) is 11.8 Å². The quantitative estimate of drug-likeness (QED) is 0.795. The molecule has 1 saturated heterocycles. The van der Waals surface area contributed by atoms with E-state index in [1.807, 2.05) is 11.8 Å². The summed E-state index contributed by atoms with van der Waals surface area (Å²) in [6.07, 6.45) is 2.60. The lowest BCUT2D eigenvalue weighted by atomic mass is 10.1. The molecule has 1 aliphatic carbocycles. The molecular weight excluding hydrogens is 234 g/mol. The maximum Gasteiger partial charge on any atom is 0.320 e. The van der Waals surface area contributed by atoms with Crippen molar-refractivity contribution in [1.29, 1.82) is 0 Å². The summed E-state index contributed by atoms with van der Waals surface area (Å²) in [6.45, 7) is 0. The number of carboxylic acids is 1. The molecule has 0 amide bonds. The second-order valence-electron chi connectivity index (χ2n) is 4.79. The number of carboxylic acid groups (broad SMARTS) is 1. The lowest BCUT2D eigenvalue weighted by molar-refractivity contribution is -0.140. The molecule has 1 unspecified atom stereocenters. The molecule has 1 spiro atoms. The summed E-state index contributed by atoms with van der Waals surface area (Å²) < 4.78 is 0. The van der Waals surface area contributed by atoms with Gasteiger partial charge in [-0.05, 0) is 23.3 Å². The number of nitrogens with one attached hydrogen (secondary N) is 1. The summed E-state index contributed by atoms with van der Waals surface area (Å²) in [7, 11) is 0. The molecule has 3 nitrogen and oxygen atoms in total. The van der Waals surface area contributed by atoms with E-state index in [9.17, 15) is 4.79 Å². The first-order chi connectivity index (χ1) is 8.19. The highest BCUT2D eigenvalue weighted by Crippen LogP contribution is 2.41. The second kappa shape index (κ2) is 4.03. The molecule has 2 N–H and O–H groups in total. The molecule has 0 bridgehead atoms. The zero-order valence-electron chi connectivity index (χ0n) is 9.48. The first-order valence-electron chi connectivity index (χ1n) is 5.90. The Labute approximate surface area is 105 Å². The Bertz CT molecular complexity index is 435. The fourth-order valence-corrected chi connectivity index (χ4v) is 4.26. The van der Waals surface area contributed by atoms with Crippen LogP contribution in [0.3, 0.4) is 0 Å². The van der Waals surface area contributed by atoms with Crippen molar-refractivity contribution in [2.24, 2.45) is 0 Å². The van der Waals surface area contributed by atoms with Gasteiger partial charge in [0.25, 0.3) is 0 Å². The summed E-state index contributed by atoms with van der Waals surface area (Å²) in [5, 5.41) is 12.5. The number of benzene rings is 1. The maximum atomic E-state index is 11.1. The van der Waals surface area contributed by atoms with Crippen LogP contribution in [-0.2, 0) is 17.6 Å². The van der Waals surface area contributed by atoms with Gasteiger partial charge in [-0.2, -0.15) is 0 Å². The minimum absolute atomic E-state index is 0.0784. The van der Waals surface area contributed by atoms with Gasteiger partial charge in [-0.25, -0.2) is 0 Å². The lowest BCUT2D eigenvalue weighted by Gasteiger charge is -2.37. The highest BCUT2D eigenvalue weighted by Gasteiger charge is 2.43. The van der Waals surface area contributed by atoms with Crippen LogP contribution in [-0.4, -0.2) is 27.7 Å². The molecule has 0 radical (unpaired) electrons. The summed E-state index contributed by atoms with van der Waals surface area (Å²) in [5.74, 6) is 0.207. The van der Waals surface area contributed by atoms with E-state index in [1.165, 1.54) is 11.1 Å². The Kier molecular flexibility index (Phi) is 2.64. The number of thioether (sulfide) groups is 1. The van der Waals surface area contributed by atoms with E-state index in [1.54, 1.807) is 0 Å². The maximum absolute atomic E-state index is 11.1. The van der Waals surface area contributed by atoms with Gasteiger partial charge in [0.2, 0.25) is 0 Å². The summed E-state index contributed by atoms with van der Waals surface area (Å²) in [6, 6.07) is 8.03. The van der Waals surface area contributed by atoms with Crippen LogP contribution in [0.25, 0.3) is 0 Å². The van der Waals surface area contributed by atoms with Crippen molar-refractivity contribution in [3.8, 4) is 0 Å². The van der Waals surface area contributed by atoms with Crippen LogP contribution in [0.2, 0.25) is 0 Å². The summed E-state index contributed by atoms with van der Waals surface area (Å²) in [5.41, 5.74) is 2.72. The van der Waals surface area contributed by atoms with E-state index in [0.29, 0.717) is 0 Å². The van der Waals surface area contributed by atoms with Crippen LogP contribution < -0.4 is 5.32 Å². The predicted molar refractivity (Wildman–Crippen MR) is 68.2 cm³/mol. The Morgan fingerprint density at radius 1 is 1.35 bits per heavy atom. The van der Waals surface area contributed by atoms with Crippen molar-refractivity contribution >= 4 is 17.7 Å². The van der Waals surface area contributed by atoms with Crippen molar-refractivity contribution in [2.45, 2.75) is 30.2 Å². The molecule has 1 atom stereocenters. The van der Waals surface area contributed by atoms with Gasteiger partial charge in [0.05, 0.1) is 4.87 Å². The van der Waals surface area contributed by atoms with E-state index >= 15 is 0 Å². The lowest BCUT2D eigenvalue weighted by Crippen LogP contribution is -2.55. The number of carbonyl (C=O) groups is 1. The van der Waals surface area contributed by atoms with E-state index in [4.69, 9.17) is 5.11 Å². The van der Waals surface area contributed by atoms with Gasteiger partial charge in [0, 0.05) is 12.8 Å². The van der Waals surface area contributed by atoms with Crippen LogP contribution in [0.15, 0.2) is 24.3 Å². The topological polar surface area (TPSA) is 49.3 Å². The Hall–Kier alpha value is -1.00. The van der Waals surface area contributed by atoms with Gasteiger partial charge < -0.3 is 5.11 Å². The highest BCUT2D eigenvalue weighted by molar-refractivity contribution is 8.00. The molecule has 90 valence electrons. The van der Waals surface area contributed by atoms with Crippen molar-refractivity contribution in [2.75, 3.05) is 5.75 Å². The van der Waals surface area contributed by atoms with Gasteiger partial charge in [-0.1, -0.05) is 24.3 Å². The van der Waals surface area contributed by atoms with Crippen LogP contribution in [0.1, 0.15) is 17.5 Å². The number of hydrogen-bond acceptors (Lipinski definition) is 3. The zero-order valence-corrected chi connectivity index (χ0v) is 10.3. The van der Waals surface area contributed by atoms with E-state index in [0.717, 1.165) is 25.0 Å². The molecule has 3 rings (SSSR count). The van der Waals surface area contributed by atoms with Gasteiger partial charge in [0.15, 0.2) is 0 Å². The Balaban J connectivity index is 1.83. The number of hydrogen-bond donors (Lipinski definition) is 2. The van der Waals surface area contributed by atoms with E-state index in [2.05, 4.69) is 29.6 Å². The molecule has 2 aliphatic rings. The Morgan fingerprint density at radius 3 is 2.59 bits per heavy atom. The standard InChI is InChI=1S/C13H15NO2S/c15-12(16)11-5-6-17-13(14-11)7-9-3-1-2-4-10(9)8-13/h1-4,11,14H,5-8H2,(H,15,16). The summed E-state index contributed by atoms with van der Waals surface area (Å²) in [4.78, 5) is 11.0. The smallest absolute Gasteiger partial charge is 0.320 e. The third-order valence-electron chi connectivity index (χ3n) is 3.59. The van der Waals surface area contributed by atoms with Crippen LogP contribution >= 0.6 is 11.8 Å². The first-order valence-corrected chi connectivity index (χ1v) is 6.88. The van der Waals surface area contributed by atoms with Crippen molar-refractivity contribution < 1.29 is 9.90 Å². The van der Waals surface area contributed by atoms with Crippen molar-refractivity contribution in [3.05, 3.63) is 35.4 Å². The molecule has 0 aromatic heterocycles. The molecule has 1 aromatic carbocycles. The number of aliphatic carboxylic acids is 1. The van der Waals surface area contributed by atoms with Gasteiger partial charge in [-0.3, -0.25) is 10.1 Å². The van der Waals surface area contributed by atoms with Crippen LogP contribution in [0, 0.1) is 0 Å². The van der Waals surface area contributed by atoms with Crippen molar-refractivity contribution in [3.63, 3.8) is 0 Å². The predicted octanol–water partition coefficient (Wildman–Crippen LogP) is 1.66. The first kappa shape index (κ1) is 11.1. The molecule has 1 aliphatic heterocycles. The fourth-order valence-electron chi connectivity index (χ4n) is 2.77. The fraction of sp³-hybridized carbons (Fsp3) is 0.462. The zero-order chi connectivity index (χ0) is 11.9. The third-order valence-corrected chi connectivity index (χ3v) is 4.99. The molecule has 4 heteroatoms. The average Bonchev–Trinajstić information content (AvgIpc) is 2.66. The summed E-state index contributed by atoms with van der Waals surface area (Å²) >= 11 is 1.88. The van der Waals surface area contributed by atoms with Gasteiger partial charge in [0.1, 0.15) is 6.04 Å². The van der Waals surface area contributed by atoms with Crippen LogP contribution in [0.5, 0.6) is 0 Å². The average molecular weight is 249 g/mol. The molecule has 0 saturated carbocycles. The highest BCUT2D eigenvalue weighted by atomic mass is 32.2. The largest absolute Gasteiger partial charge is 0.480 e. The minimum Gasteiger partial charge on any atom is -0.480 e. The number of fused-ring (bicyclic) bond motifs is 1. The SMILES string of the molecule is O=C(O)C1CCSC2(Cc3ccccc3C2)N1. The number of rotatable bonds is 1. The van der Waals surface area contributed by atoms with E-state index in [-0.39, 0.29) is 10.9 Å². The molecule has 17 heavy (non-hydrogen) atoms. The molecule has 1 aromatic rings. The minimum atomic E-state index is -0.722. The van der Waals surface area contributed by atoms with Crippen LogP contribution in [0.4, 0.5) is 0 Å². The monoisotopic (exact) mass is 249 g/mol. The van der Waals surface area contributed by atoms with Gasteiger partial charge >= 0.3 is 5.97 Å². The normalized spacial score (nSPS) is 25.8. The third kappa shape index (κ3) is 1.96. The molecular formula is C13H15NO2S. The van der Waals surface area contributed by atoms with Crippen molar-refractivity contribution in [1.82, 2.24) is 5.32 Å². The molecule has 1 heterocycles. The Morgan fingerprint density at radius 2 is 2.00 bits per heavy atom.